The first-order valence-corrected chi connectivity index (χ1v) is 17.9. The lowest BCUT2D eigenvalue weighted by atomic mass is 9.41. The monoisotopic (exact) mass is 652 g/mol. The van der Waals surface area contributed by atoms with Crippen LogP contribution in [-0.4, -0.2) is 109 Å². The third-order valence-electron chi connectivity index (χ3n) is 15.9. The number of hydrogen-bond donors (Lipinski definition) is 7. The van der Waals surface area contributed by atoms with Gasteiger partial charge in [-0.2, -0.15) is 0 Å². The molecule has 264 valence electrons. The number of rotatable bonds is 5. The molecule has 0 aromatic rings. The molecule has 17 atom stereocenters. The zero-order valence-corrected chi connectivity index (χ0v) is 28.9. The molecule has 3 unspecified atom stereocenters. The van der Waals surface area contributed by atoms with Crippen molar-refractivity contribution in [1.82, 2.24) is 0 Å². The molecule has 10 nitrogen and oxygen atoms in total. The maximum atomic E-state index is 12.0. The summed E-state index contributed by atoms with van der Waals surface area (Å²) in [4.78, 5) is 0. The van der Waals surface area contributed by atoms with Gasteiger partial charge in [0.2, 0.25) is 0 Å². The Kier molecular flexibility index (Phi) is 7.65. The van der Waals surface area contributed by atoms with E-state index in [-0.39, 0.29) is 45.5 Å². The van der Waals surface area contributed by atoms with E-state index in [0.29, 0.717) is 19.3 Å². The molecule has 2 aliphatic heterocycles. The van der Waals surface area contributed by atoms with E-state index in [2.05, 4.69) is 34.6 Å². The Morgan fingerprint density at radius 1 is 0.804 bits per heavy atom. The van der Waals surface area contributed by atoms with Crippen molar-refractivity contribution in [3.63, 3.8) is 0 Å². The van der Waals surface area contributed by atoms with Gasteiger partial charge < -0.3 is 50.0 Å². The number of ether oxygens (including phenoxy) is 3. The molecule has 0 bridgehead atoms. The van der Waals surface area contributed by atoms with Crippen LogP contribution in [0.4, 0.5) is 0 Å². The van der Waals surface area contributed by atoms with Crippen LogP contribution < -0.4 is 0 Å². The van der Waals surface area contributed by atoms with E-state index >= 15 is 0 Å². The SMILES string of the molecule is CC(C)(O)[C@@H]1CC[C@](C)([C@H]2[C@@H](O)C[C@@]3(C)[C@@H]4C[C@H](OC5O[C@H](CO)[C@@H](O)[C@H](O)[C@H]5O)[C@H]5C(C)(C)C(O)CCC56C[C@@]46CC[C@]23C)O1. The summed E-state index contributed by atoms with van der Waals surface area (Å²) in [6, 6.07) is 0. The van der Waals surface area contributed by atoms with Gasteiger partial charge in [0.05, 0.1) is 42.2 Å². The van der Waals surface area contributed by atoms with Gasteiger partial charge in [0.25, 0.3) is 0 Å². The van der Waals surface area contributed by atoms with Gasteiger partial charge >= 0.3 is 0 Å². The molecule has 2 spiro atoms. The maximum absolute atomic E-state index is 12.0. The lowest BCUT2D eigenvalue weighted by Crippen LogP contribution is -2.64. The smallest absolute Gasteiger partial charge is 0.186 e. The summed E-state index contributed by atoms with van der Waals surface area (Å²) in [5.74, 6) is 0.0768. The van der Waals surface area contributed by atoms with E-state index in [1.807, 2.05) is 0 Å². The highest BCUT2D eigenvalue weighted by Gasteiger charge is 2.85. The minimum Gasteiger partial charge on any atom is -0.394 e. The van der Waals surface area contributed by atoms with Crippen molar-refractivity contribution in [2.45, 2.75) is 173 Å². The first-order chi connectivity index (χ1) is 21.2. The second-order valence-electron chi connectivity index (χ2n) is 18.7. The summed E-state index contributed by atoms with van der Waals surface area (Å²) in [5.41, 5.74) is -2.50. The van der Waals surface area contributed by atoms with Gasteiger partial charge in [-0.3, -0.25) is 0 Å². The molecule has 46 heavy (non-hydrogen) atoms. The second-order valence-corrected chi connectivity index (χ2v) is 18.7. The minimum atomic E-state index is -1.53. The summed E-state index contributed by atoms with van der Waals surface area (Å²) in [7, 11) is 0. The minimum absolute atomic E-state index is 0.0225. The molecule has 2 saturated heterocycles. The highest BCUT2D eigenvalue weighted by Crippen LogP contribution is 2.89. The Balaban J connectivity index is 1.26. The molecule has 7 aliphatic rings. The van der Waals surface area contributed by atoms with Crippen LogP contribution in [0.3, 0.4) is 0 Å². The third kappa shape index (κ3) is 4.24. The van der Waals surface area contributed by atoms with Crippen LogP contribution in [-0.2, 0) is 14.2 Å². The molecule has 7 fully saturated rings. The van der Waals surface area contributed by atoms with Gasteiger partial charge in [0.1, 0.15) is 24.4 Å². The molecule has 0 aromatic carbocycles. The number of hydrogen-bond acceptors (Lipinski definition) is 10. The largest absolute Gasteiger partial charge is 0.394 e. The first kappa shape index (κ1) is 34.1. The van der Waals surface area contributed by atoms with Crippen molar-refractivity contribution in [3.8, 4) is 0 Å². The molecular weight excluding hydrogens is 592 g/mol. The predicted molar refractivity (Wildman–Crippen MR) is 167 cm³/mol. The average molecular weight is 653 g/mol. The topological polar surface area (TPSA) is 169 Å². The molecule has 2 heterocycles. The fourth-order valence-corrected chi connectivity index (χ4v) is 13.6. The van der Waals surface area contributed by atoms with Gasteiger partial charge in [0, 0.05) is 5.92 Å². The van der Waals surface area contributed by atoms with E-state index in [1.165, 1.54) is 0 Å². The molecule has 0 aromatic heterocycles. The summed E-state index contributed by atoms with van der Waals surface area (Å²) < 4.78 is 19.4. The molecule has 5 saturated carbocycles. The Labute approximate surface area is 273 Å². The average Bonchev–Trinajstić information content (AvgIpc) is 3.33. The van der Waals surface area contributed by atoms with Crippen molar-refractivity contribution in [1.29, 1.82) is 0 Å². The maximum Gasteiger partial charge on any atom is 0.186 e. The van der Waals surface area contributed by atoms with Crippen molar-refractivity contribution in [2.24, 2.45) is 44.8 Å². The number of aliphatic hydroxyl groups excluding tert-OH is 6. The van der Waals surface area contributed by atoms with E-state index in [9.17, 15) is 35.7 Å². The van der Waals surface area contributed by atoms with E-state index in [4.69, 9.17) is 14.2 Å². The second kappa shape index (κ2) is 10.3. The van der Waals surface area contributed by atoms with E-state index in [1.54, 1.807) is 13.8 Å². The van der Waals surface area contributed by atoms with Gasteiger partial charge in [-0.15, -0.1) is 0 Å². The van der Waals surface area contributed by atoms with Gasteiger partial charge in [-0.25, -0.2) is 0 Å². The Morgan fingerprint density at radius 3 is 2.13 bits per heavy atom. The van der Waals surface area contributed by atoms with Crippen LogP contribution in [0, 0.1) is 44.8 Å². The first-order valence-electron chi connectivity index (χ1n) is 17.9. The molecule has 7 rings (SSSR count). The number of aliphatic hydroxyl groups is 7. The van der Waals surface area contributed by atoms with Crippen LogP contribution in [0.5, 0.6) is 0 Å². The summed E-state index contributed by atoms with van der Waals surface area (Å²) in [6.07, 6.45) is -1.07. The van der Waals surface area contributed by atoms with Crippen LogP contribution in [0.1, 0.15) is 106 Å². The van der Waals surface area contributed by atoms with Crippen LogP contribution in [0.25, 0.3) is 0 Å². The molecule has 0 amide bonds. The predicted octanol–water partition coefficient (Wildman–Crippen LogP) is 2.26. The van der Waals surface area contributed by atoms with Gasteiger partial charge in [0.15, 0.2) is 6.29 Å². The van der Waals surface area contributed by atoms with E-state index < -0.39 is 72.2 Å². The molecule has 0 radical (unpaired) electrons. The zero-order chi connectivity index (χ0) is 33.6. The van der Waals surface area contributed by atoms with E-state index in [0.717, 1.165) is 38.5 Å². The third-order valence-corrected chi connectivity index (χ3v) is 15.9. The van der Waals surface area contributed by atoms with Gasteiger partial charge in [-0.1, -0.05) is 27.7 Å². The highest BCUT2D eigenvalue weighted by atomic mass is 16.7. The van der Waals surface area contributed by atoms with Gasteiger partial charge in [-0.05, 0) is 117 Å². The lowest BCUT2D eigenvalue weighted by molar-refractivity contribution is -0.331. The molecule has 5 aliphatic carbocycles. The quantitative estimate of drug-likeness (QED) is 0.219. The Morgan fingerprint density at radius 2 is 1.50 bits per heavy atom. The van der Waals surface area contributed by atoms with Crippen molar-refractivity contribution >= 4 is 0 Å². The molecule has 10 heteroatoms. The zero-order valence-electron chi connectivity index (χ0n) is 28.9. The molecule has 7 N–H and O–H groups in total. The fraction of sp³-hybridized carbons (Fsp3) is 1.00. The Hall–Kier alpha value is -0.400. The van der Waals surface area contributed by atoms with Crippen LogP contribution in [0.15, 0.2) is 0 Å². The molecular formula is C36H60O10. The normalized spacial score (nSPS) is 59.3. The van der Waals surface area contributed by atoms with Crippen molar-refractivity contribution in [3.05, 3.63) is 0 Å². The lowest BCUT2D eigenvalue weighted by Gasteiger charge is -2.65. The van der Waals surface area contributed by atoms with Crippen molar-refractivity contribution in [2.75, 3.05) is 6.61 Å². The number of fused-ring (bicyclic) bond motifs is 2. The summed E-state index contributed by atoms with van der Waals surface area (Å²) in [6.45, 7) is 14.2. The fourth-order valence-electron chi connectivity index (χ4n) is 13.6. The van der Waals surface area contributed by atoms with Crippen LogP contribution >= 0.6 is 0 Å². The standard InChI is InChI=1S/C36H60O10/c1-30(2)22(39)8-11-36-17-35(36)13-12-32(5)27(34(7)10-9-23(46-34)31(3,4)43)18(38)15-33(32,6)21(35)14-19(28(30)36)44-29-26(42)25(41)24(40)20(16-37)45-29/h18-29,37-43H,8-17H2,1-7H3/t18-,19-,20+,21-,22?,23-,24+,25-,26+,27-,28-,29?,32+,33-,34+,35-,36?/m0/s1. The highest BCUT2D eigenvalue weighted by molar-refractivity contribution is 5.33. The Bertz CT molecular complexity index is 1200. The summed E-state index contributed by atoms with van der Waals surface area (Å²) >= 11 is 0. The summed E-state index contributed by atoms with van der Waals surface area (Å²) in [5, 5.41) is 76.2. The van der Waals surface area contributed by atoms with Crippen LogP contribution in [0.2, 0.25) is 0 Å². The van der Waals surface area contributed by atoms with Crippen molar-refractivity contribution < 1.29 is 50.0 Å².